The molecule has 0 saturated heterocycles. The van der Waals surface area contributed by atoms with E-state index in [1.165, 1.54) is 0 Å². The molecule has 5 nitrogen and oxygen atoms in total. The molecule has 5 heteroatoms. The van der Waals surface area contributed by atoms with Crippen LogP contribution in [0, 0.1) is 6.92 Å². The molecule has 1 rings (SSSR count). The fraction of sp³-hybridized carbons (Fsp3) is 0.600. The van der Waals surface area contributed by atoms with Gasteiger partial charge in [-0.15, -0.1) is 0 Å². The summed E-state index contributed by atoms with van der Waals surface area (Å²) < 4.78 is 0. The summed E-state index contributed by atoms with van der Waals surface area (Å²) in [7, 11) is 0. The number of H-pyrrole nitrogens is 1. The first kappa shape index (κ1) is 11.7. The van der Waals surface area contributed by atoms with E-state index < -0.39 is 12.0 Å². The lowest BCUT2D eigenvalue weighted by Crippen LogP contribution is -2.16. The van der Waals surface area contributed by atoms with Crippen LogP contribution in [0.1, 0.15) is 43.0 Å². The van der Waals surface area contributed by atoms with Gasteiger partial charge < -0.3 is 15.8 Å². The molecule has 1 unspecified atom stereocenters. The molecule has 0 amide bonds. The molecule has 1 atom stereocenters. The fourth-order valence-electron chi connectivity index (χ4n) is 1.46. The van der Waals surface area contributed by atoms with Crippen LogP contribution in [0.15, 0.2) is 0 Å². The minimum absolute atomic E-state index is 0.0987. The van der Waals surface area contributed by atoms with E-state index in [2.05, 4.69) is 16.9 Å². The standard InChI is InChI=1S/C10H17N3O2/c1-3-4-8-6(2)12-10(13-8)7(11)5-9(14)15/h7H,3-5,11H2,1-2H3,(H,12,13)(H,14,15). The van der Waals surface area contributed by atoms with Gasteiger partial charge in [0.25, 0.3) is 0 Å². The van der Waals surface area contributed by atoms with E-state index in [0.717, 1.165) is 24.2 Å². The van der Waals surface area contributed by atoms with E-state index in [-0.39, 0.29) is 6.42 Å². The third-order valence-corrected chi connectivity index (χ3v) is 2.24. The Morgan fingerprint density at radius 2 is 2.33 bits per heavy atom. The summed E-state index contributed by atoms with van der Waals surface area (Å²) in [4.78, 5) is 17.8. The van der Waals surface area contributed by atoms with Crippen LogP contribution in [0.5, 0.6) is 0 Å². The van der Waals surface area contributed by atoms with Crippen LogP contribution in [0.2, 0.25) is 0 Å². The van der Waals surface area contributed by atoms with Crippen LogP contribution in [0.25, 0.3) is 0 Å². The van der Waals surface area contributed by atoms with Crippen molar-refractivity contribution in [2.45, 2.75) is 39.2 Å². The lowest BCUT2D eigenvalue weighted by Gasteiger charge is -2.03. The van der Waals surface area contributed by atoms with Gasteiger partial charge in [-0.2, -0.15) is 0 Å². The number of hydrogen-bond donors (Lipinski definition) is 3. The van der Waals surface area contributed by atoms with Crippen LogP contribution < -0.4 is 5.73 Å². The maximum atomic E-state index is 10.5. The molecule has 1 heterocycles. The zero-order valence-corrected chi connectivity index (χ0v) is 9.08. The number of nitrogens with two attached hydrogens (primary N) is 1. The molecule has 0 spiro atoms. The topological polar surface area (TPSA) is 92.0 Å². The molecule has 1 aromatic heterocycles. The molecule has 0 saturated carbocycles. The number of imidazole rings is 1. The van der Waals surface area contributed by atoms with Crippen molar-refractivity contribution in [3.8, 4) is 0 Å². The minimum atomic E-state index is -0.909. The van der Waals surface area contributed by atoms with Crippen LogP contribution in [0.4, 0.5) is 0 Å². The molecule has 15 heavy (non-hydrogen) atoms. The molecule has 0 aliphatic rings. The predicted molar refractivity (Wildman–Crippen MR) is 56.5 cm³/mol. The highest BCUT2D eigenvalue weighted by Crippen LogP contribution is 2.14. The summed E-state index contributed by atoms with van der Waals surface area (Å²) in [5.41, 5.74) is 7.66. The molecule has 0 bridgehead atoms. The summed E-state index contributed by atoms with van der Waals surface area (Å²) in [6, 6.07) is -0.549. The zero-order valence-electron chi connectivity index (χ0n) is 9.08. The number of carbonyl (C=O) groups is 1. The fourth-order valence-corrected chi connectivity index (χ4v) is 1.46. The second-order valence-electron chi connectivity index (χ2n) is 3.65. The van der Waals surface area contributed by atoms with Crippen molar-refractivity contribution < 1.29 is 9.90 Å². The van der Waals surface area contributed by atoms with Crippen LogP contribution in [-0.4, -0.2) is 21.0 Å². The number of rotatable bonds is 5. The summed E-state index contributed by atoms with van der Waals surface area (Å²) in [5.74, 6) is -0.341. The van der Waals surface area contributed by atoms with Gasteiger partial charge in [-0.05, 0) is 13.3 Å². The van der Waals surface area contributed by atoms with Gasteiger partial charge in [0, 0.05) is 5.69 Å². The Morgan fingerprint density at radius 1 is 1.67 bits per heavy atom. The van der Waals surface area contributed by atoms with E-state index >= 15 is 0 Å². The Labute approximate surface area is 88.7 Å². The quantitative estimate of drug-likeness (QED) is 0.681. The average molecular weight is 211 g/mol. The molecular formula is C10H17N3O2. The third kappa shape index (κ3) is 3.06. The van der Waals surface area contributed by atoms with E-state index in [9.17, 15) is 4.79 Å². The largest absolute Gasteiger partial charge is 0.481 e. The third-order valence-electron chi connectivity index (χ3n) is 2.24. The minimum Gasteiger partial charge on any atom is -0.481 e. The Morgan fingerprint density at radius 3 is 2.87 bits per heavy atom. The van der Waals surface area contributed by atoms with Crippen molar-refractivity contribution in [2.24, 2.45) is 5.73 Å². The number of aliphatic carboxylic acids is 1. The molecular weight excluding hydrogens is 194 g/mol. The number of carboxylic acids is 1. The summed E-state index contributed by atoms with van der Waals surface area (Å²) >= 11 is 0. The van der Waals surface area contributed by atoms with E-state index in [0.29, 0.717) is 5.82 Å². The first-order valence-corrected chi connectivity index (χ1v) is 5.07. The van der Waals surface area contributed by atoms with Crippen molar-refractivity contribution >= 4 is 5.97 Å². The van der Waals surface area contributed by atoms with Gasteiger partial charge in [0.05, 0.1) is 18.2 Å². The maximum Gasteiger partial charge on any atom is 0.305 e. The Balaban J connectivity index is 2.77. The van der Waals surface area contributed by atoms with Crippen LogP contribution in [0.3, 0.4) is 0 Å². The highest BCUT2D eigenvalue weighted by atomic mass is 16.4. The Kier molecular flexibility index (Phi) is 3.85. The summed E-state index contributed by atoms with van der Waals surface area (Å²) in [6.45, 7) is 4.00. The van der Waals surface area contributed by atoms with E-state index in [4.69, 9.17) is 10.8 Å². The highest BCUT2D eigenvalue weighted by Gasteiger charge is 2.15. The number of nitrogens with one attached hydrogen (secondary N) is 1. The van der Waals surface area contributed by atoms with Gasteiger partial charge in [0.15, 0.2) is 0 Å². The van der Waals surface area contributed by atoms with Crippen LogP contribution in [-0.2, 0) is 11.2 Å². The molecule has 0 aromatic carbocycles. The van der Waals surface area contributed by atoms with Gasteiger partial charge in [-0.3, -0.25) is 4.79 Å². The van der Waals surface area contributed by atoms with E-state index in [1.54, 1.807) is 0 Å². The molecule has 1 aromatic rings. The molecule has 0 radical (unpaired) electrons. The lowest BCUT2D eigenvalue weighted by atomic mass is 10.2. The van der Waals surface area contributed by atoms with Crippen molar-refractivity contribution in [3.05, 3.63) is 17.2 Å². The predicted octanol–water partition coefficient (Wildman–Crippen LogP) is 1.15. The Hall–Kier alpha value is -1.36. The smallest absolute Gasteiger partial charge is 0.305 e. The van der Waals surface area contributed by atoms with Gasteiger partial charge in [-0.25, -0.2) is 4.98 Å². The van der Waals surface area contributed by atoms with Gasteiger partial charge in [-0.1, -0.05) is 13.3 Å². The molecule has 0 fully saturated rings. The number of aryl methyl sites for hydroxylation is 2. The van der Waals surface area contributed by atoms with Crippen molar-refractivity contribution in [2.75, 3.05) is 0 Å². The van der Waals surface area contributed by atoms with Crippen molar-refractivity contribution in [3.63, 3.8) is 0 Å². The first-order valence-electron chi connectivity index (χ1n) is 5.07. The Bertz CT molecular complexity index is 346. The second kappa shape index (κ2) is 4.93. The summed E-state index contributed by atoms with van der Waals surface area (Å²) in [5, 5.41) is 8.60. The lowest BCUT2D eigenvalue weighted by molar-refractivity contribution is -0.137. The van der Waals surface area contributed by atoms with Gasteiger partial charge in [0.1, 0.15) is 5.82 Å². The monoisotopic (exact) mass is 211 g/mol. The zero-order chi connectivity index (χ0) is 11.4. The van der Waals surface area contributed by atoms with Gasteiger partial charge >= 0.3 is 5.97 Å². The molecule has 0 aliphatic heterocycles. The number of nitrogens with zero attached hydrogens (tertiary/aromatic N) is 1. The second-order valence-corrected chi connectivity index (χ2v) is 3.65. The maximum absolute atomic E-state index is 10.5. The average Bonchev–Trinajstić information content (AvgIpc) is 2.47. The normalized spacial score (nSPS) is 12.7. The number of carboxylic acid groups (broad SMARTS) is 1. The number of hydrogen-bond acceptors (Lipinski definition) is 3. The first-order chi connectivity index (χ1) is 7.04. The van der Waals surface area contributed by atoms with Crippen molar-refractivity contribution in [1.82, 2.24) is 9.97 Å². The summed E-state index contributed by atoms with van der Waals surface area (Å²) in [6.07, 6.45) is 1.81. The molecule has 84 valence electrons. The van der Waals surface area contributed by atoms with Crippen LogP contribution >= 0.6 is 0 Å². The van der Waals surface area contributed by atoms with E-state index in [1.807, 2.05) is 6.92 Å². The number of aromatic nitrogens is 2. The molecule has 4 N–H and O–H groups in total. The van der Waals surface area contributed by atoms with Gasteiger partial charge in [0.2, 0.25) is 0 Å². The number of aromatic amines is 1. The highest BCUT2D eigenvalue weighted by molar-refractivity contribution is 5.67. The van der Waals surface area contributed by atoms with Crippen molar-refractivity contribution in [1.29, 1.82) is 0 Å². The molecule has 0 aliphatic carbocycles. The SMILES string of the molecule is CCCc1nc(C(N)CC(=O)O)[nH]c1C.